The van der Waals surface area contributed by atoms with Gasteiger partial charge in [-0.3, -0.25) is 9.69 Å². The van der Waals surface area contributed by atoms with Crippen LogP contribution in [0.3, 0.4) is 0 Å². The highest BCUT2D eigenvalue weighted by Gasteiger charge is 2.27. The maximum atomic E-state index is 12.3. The van der Waals surface area contributed by atoms with Gasteiger partial charge >= 0.3 is 6.09 Å². The Morgan fingerprint density at radius 1 is 1.25 bits per heavy atom. The summed E-state index contributed by atoms with van der Waals surface area (Å²) in [4.78, 5) is 25.8. The third kappa shape index (κ3) is 3.59. The Bertz CT molecular complexity index is 760. The topological polar surface area (TPSA) is 71.8 Å². The zero-order valence-electron chi connectivity index (χ0n) is 14.0. The summed E-state index contributed by atoms with van der Waals surface area (Å²) in [5.41, 5.74) is 1.81. The number of ether oxygens (including phenoxy) is 1. The number of rotatable bonds is 1. The van der Waals surface area contributed by atoms with Gasteiger partial charge in [-0.05, 0) is 56.7 Å². The molecule has 1 aliphatic rings. The zero-order chi connectivity index (χ0) is 17.3. The van der Waals surface area contributed by atoms with Gasteiger partial charge in [0, 0.05) is 11.3 Å². The molecule has 0 saturated heterocycles. The first kappa shape index (κ1) is 16.1. The predicted octanol–water partition coefficient (Wildman–Crippen LogP) is 3.64. The second kappa shape index (κ2) is 6.03. The second-order valence-electron chi connectivity index (χ2n) is 6.73. The van der Waals surface area contributed by atoms with E-state index in [0.717, 1.165) is 16.9 Å². The van der Waals surface area contributed by atoms with Crippen LogP contribution in [0.25, 0.3) is 11.3 Å². The van der Waals surface area contributed by atoms with Crippen LogP contribution >= 0.6 is 0 Å². The third-order valence-electron chi connectivity index (χ3n) is 3.53. The number of carbonyl (C=O) groups excluding carboxylic acids is 2. The normalized spacial score (nSPS) is 14.6. The zero-order valence-corrected chi connectivity index (χ0v) is 14.0. The standard InChI is InChI=1S/C18H20N2O4/c1-18(2,3)24-17(22)20-10-13-9-12(15-5-4-8-23-15)6-7-14(13)19-16(21)11-20/h4-9H,10-11H2,1-3H3,(H,19,21). The number of furan rings is 1. The SMILES string of the molecule is CC(C)(C)OC(=O)N1CC(=O)Nc2ccc(-c3ccco3)cc2C1. The quantitative estimate of drug-likeness (QED) is 0.867. The Labute approximate surface area is 140 Å². The molecule has 126 valence electrons. The highest BCUT2D eigenvalue weighted by Crippen LogP contribution is 2.28. The van der Waals surface area contributed by atoms with Gasteiger partial charge in [0.15, 0.2) is 0 Å². The Balaban J connectivity index is 1.90. The van der Waals surface area contributed by atoms with E-state index in [1.165, 1.54) is 4.90 Å². The molecule has 6 heteroatoms. The van der Waals surface area contributed by atoms with E-state index in [4.69, 9.17) is 9.15 Å². The number of hydrogen-bond donors (Lipinski definition) is 1. The Morgan fingerprint density at radius 3 is 2.71 bits per heavy atom. The van der Waals surface area contributed by atoms with Crippen LogP contribution in [0.15, 0.2) is 41.0 Å². The highest BCUT2D eigenvalue weighted by atomic mass is 16.6. The van der Waals surface area contributed by atoms with Gasteiger partial charge in [-0.1, -0.05) is 0 Å². The minimum atomic E-state index is -0.612. The number of fused-ring (bicyclic) bond motifs is 1. The molecule has 1 aromatic carbocycles. The lowest BCUT2D eigenvalue weighted by atomic mass is 10.1. The molecule has 0 atom stereocenters. The first-order chi connectivity index (χ1) is 11.3. The van der Waals surface area contributed by atoms with E-state index in [1.54, 1.807) is 27.0 Å². The van der Waals surface area contributed by atoms with Gasteiger partial charge in [0.05, 0.1) is 12.8 Å². The number of benzene rings is 1. The van der Waals surface area contributed by atoms with E-state index in [2.05, 4.69) is 5.32 Å². The molecule has 6 nitrogen and oxygen atoms in total. The van der Waals surface area contributed by atoms with Gasteiger partial charge < -0.3 is 14.5 Å². The molecule has 0 bridgehead atoms. The molecule has 0 saturated carbocycles. The summed E-state index contributed by atoms with van der Waals surface area (Å²) in [5.74, 6) is 0.488. The lowest BCUT2D eigenvalue weighted by Crippen LogP contribution is -2.39. The average molecular weight is 328 g/mol. The van der Waals surface area contributed by atoms with Crippen molar-refractivity contribution in [2.24, 2.45) is 0 Å². The van der Waals surface area contributed by atoms with Crippen molar-refractivity contribution in [3.8, 4) is 11.3 Å². The van der Waals surface area contributed by atoms with E-state index in [9.17, 15) is 9.59 Å². The van der Waals surface area contributed by atoms with Gasteiger partial charge in [0.25, 0.3) is 0 Å². The molecule has 0 unspecified atom stereocenters. The van der Waals surface area contributed by atoms with E-state index in [0.29, 0.717) is 5.69 Å². The molecule has 1 aromatic heterocycles. The first-order valence-electron chi connectivity index (χ1n) is 7.76. The van der Waals surface area contributed by atoms with E-state index >= 15 is 0 Å². The van der Waals surface area contributed by atoms with Crippen LogP contribution in [-0.4, -0.2) is 29.0 Å². The van der Waals surface area contributed by atoms with Crippen molar-refractivity contribution < 1.29 is 18.7 Å². The summed E-state index contributed by atoms with van der Waals surface area (Å²) in [5, 5.41) is 2.82. The molecular formula is C18H20N2O4. The van der Waals surface area contributed by atoms with Crippen LogP contribution in [0.4, 0.5) is 10.5 Å². The highest BCUT2D eigenvalue weighted by molar-refractivity contribution is 5.96. The summed E-state index contributed by atoms with van der Waals surface area (Å²) in [7, 11) is 0. The summed E-state index contributed by atoms with van der Waals surface area (Å²) in [6, 6.07) is 9.29. The molecule has 1 aliphatic heterocycles. The molecule has 0 radical (unpaired) electrons. The fourth-order valence-corrected chi connectivity index (χ4v) is 2.52. The fraction of sp³-hybridized carbons (Fsp3) is 0.333. The van der Waals surface area contributed by atoms with Crippen LogP contribution in [-0.2, 0) is 16.1 Å². The molecule has 2 heterocycles. The van der Waals surface area contributed by atoms with E-state index in [1.807, 2.05) is 30.3 Å². The van der Waals surface area contributed by atoms with Crippen molar-refractivity contribution >= 4 is 17.7 Å². The molecular weight excluding hydrogens is 308 g/mol. The van der Waals surface area contributed by atoms with Crippen molar-refractivity contribution in [2.75, 3.05) is 11.9 Å². The van der Waals surface area contributed by atoms with Gasteiger partial charge in [0.1, 0.15) is 17.9 Å². The Morgan fingerprint density at radius 2 is 2.04 bits per heavy atom. The molecule has 0 fully saturated rings. The van der Waals surface area contributed by atoms with Crippen LogP contribution in [0.5, 0.6) is 0 Å². The summed E-state index contributed by atoms with van der Waals surface area (Å²) in [6.45, 7) is 5.64. The van der Waals surface area contributed by atoms with Crippen LogP contribution in [0, 0.1) is 0 Å². The smallest absolute Gasteiger partial charge is 0.411 e. The number of nitrogens with one attached hydrogen (secondary N) is 1. The van der Waals surface area contributed by atoms with Gasteiger partial charge in [-0.25, -0.2) is 4.79 Å². The largest absolute Gasteiger partial charge is 0.464 e. The first-order valence-corrected chi connectivity index (χ1v) is 7.76. The van der Waals surface area contributed by atoms with Crippen LogP contribution in [0.2, 0.25) is 0 Å². The van der Waals surface area contributed by atoms with Crippen molar-refractivity contribution in [3.63, 3.8) is 0 Å². The molecule has 2 aromatic rings. The third-order valence-corrected chi connectivity index (χ3v) is 3.53. The van der Waals surface area contributed by atoms with Crippen molar-refractivity contribution in [1.82, 2.24) is 4.90 Å². The molecule has 24 heavy (non-hydrogen) atoms. The molecule has 3 rings (SSSR count). The van der Waals surface area contributed by atoms with Crippen molar-refractivity contribution in [2.45, 2.75) is 32.9 Å². The summed E-state index contributed by atoms with van der Waals surface area (Å²) < 4.78 is 10.8. The maximum Gasteiger partial charge on any atom is 0.411 e. The number of amides is 2. The van der Waals surface area contributed by atoms with E-state index < -0.39 is 11.7 Å². The second-order valence-corrected chi connectivity index (χ2v) is 6.73. The Kier molecular flexibility index (Phi) is 4.05. The average Bonchev–Trinajstić information content (AvgIpc) is 2.95. The van der Waals surface area contributed by atoms with Crippen molar-refractivity contribution in [1.29, 1.82) is 0 Å². The number of hydrogen-bond acceptors (Lipinski definition) is 4. The summed E-state index contributed by atoms with van der Waals surface area (Å²) >= 11 is 0. The van der Waals surface area contributed by atoms with Gasteiger partial charge in [-0.2, -0.15) is 0 Å². The minimum absolute atomic E-state index is 0.0420. The maximum absolute atomic E-state index is 12.3. The van der Waals surface area contributed by atoms with Crippen LogP contribution < -0.4 is 5.32 Å². The van der Waals surface area contributed by atoms with Gasteiger partial charge in [-0.15, -0.1) is 0 Å². The Hall–Kier alpha value is -2.76. The van der Waals surface area contributed by atoms with Crippen molar-refractivity contribution in [3.05, 3.63) is 42.2 Å². The lowest BCUT2D eigenvalue weighted by molar-refractivity contribution is -0.117. The minimum Gasteiger partial charge on any atom is -0.464 e. The lowest BCUT2D eigenvalue weighted by Gasteiger charge is -2.25. The molecule has 2 amide bonds. The predicted molar refractivity (Wildman–Crippen MR) is 89.4 cm³/mol. The number of carbonyl (C=O) groups is 2. The monoisotopic (exact) mass is 328 g/mol. The van der Waals surface area contributed by atoms with Gasteiger partial charge in [0.2, 0.25) is 5.91 Å². The number of anilines is 1. The molecule has 1 N–H and O–H groups in total. The van der Waals surface area contributed by atoms with Crippen LogP contribution in [0.1, 0.15) is 26.3 Å². The number of nitrogens with zero attached hydrogens (tertiary/aromatic N) is 1. The fourth-order valence-electron chi connectivity index (χ4n) is 2.52. The van der Waals surface area contributed by atoms with E-state index in [-0.39, 0.29) is 19.0 Å². The molecule has 0 spiro atoms. The molecule has 0 aliphatic carbocycles. The summed E-state index contributed by atoms with van der Waals surface area (Å²) in [6.07, 6.45) is 1.10.